The summed E-state index contributed by atoms with van der Waals surface area (Å²) in [5.41, 5.74) is -0.371. The van der Waals surface area contributed by atoms with Gasteiger partial charge in [0.05, 0.1) is 12.1 Å². The molecule has 7 nitrogen and oxygen atoms in total. The fourth-order valence-electron chi connectivity index (χ4n) is 1.58. The van der Waals surface area contributed by atoms with Crippen LogP contribution in [0.1, 0.15) is 25.8 Å². The normalized spacial score (nSPS) is 11.2. The highest BCUT2D eigenvalue weighted by atomic mass is 32.1. The van der Waals surface area contributed by atoms with Gasteiger partial charge in [-0.1, -0.05) is 0 Å². The lowest BCUT2D eigenvalue weighted by Gasteiger charge is -2.23. The maximum Gasteiger partial charge on any atom is 0.323 e. The Bertz CT molecular complexity index is 557. The van der Waals surface area contributed by atoms with Crippen molar-refractivity contribution in [2.75, 3.05) is 24.3 Å². The Morgan fingerprint density at radius 1 is 1.25 bits per heavy atom. The van der Waals surface area contributed by atoms with Crippen LogP contribution in [0.5, 0.6) is 6.01 Å². The molecule has 0 aromatic carbocycles. The first-order valence-electron chi connectivity index (χ1n) is 6.30. The van der Waals surface area contributed by atoms with E-state index in [1.807, 2.05) is 26.2 Å². The van der Waals surface area contributed by atoms with Crippen LogP contribution in [-0.2, 0) is 5.54 Å². The molecule has 0 unspecified atom stereocenters. The molecule has 0 aliphatic carbocycles. The number of nitrogens with one attached hydrogen (secondary N) is 2. The summed E-state index contributed by atoms with van der Waals surface area (Å²) in [5, 5.41) is 9.05. The van der Waals surface area contributed by atoms with E-state index in [2.05, 4.69) is 30.6 Å². The zero-order valence-corrected chi connectivity index (χ0v) is 12.8. The maximum absolute atomic E-state index is 5.34. The van der Waals surface area contributed by atoms with Gasteiger partial charge >= 0.3 is 6.01 Å². The van der Waals surface area contributed by atoms with Gasteiger partial charge in [-0.3, -0.25) is 0 Å². The van der Waals surface area contributed by atoms with Gasteiger partial charge in [0.25, 0.3) is 0 Å². The van der Waals surface area contributed by atoms with E-state index in [0.717, 1.165) is 5.01 Å². The molecule has 108 valence electrons. The molecular formula is C12H18N6OS. The van der Waals surface area contributed by atoms with E-state index in [9.17, 15) is 0 Å². The third-order valence-electron chi connectivity index (χ3n) is 2.50. The first kappa shape index (κ1) is 14.4. The van der Waals surface area contributed by atoms with Gasteiger partial charge in [0.1, 0.15) is 5.01 Å². The molecule has 20 heavy (non-hydrogen) atoms. The van der Waals surface area contributed by atoms with Gasteiger partial charge < -0.3 is 15.4 Å². The lowest BCUT2D eigenvalue weighted by molar-refractivity contribution is 0.312. The van der Waals surface area contributed by atoms with E-state index in [1.165, 1.54) is 0 Å². The SMILES string of the molecule is CCOc1nc(NC)nc(NC(C)(C)c2nccs2)n1. The summed E-state index contributed by atoms with van der Waals surface area (Å²) in [4.78, 5) is 17.0. The molecule has 2 N–H and O–H groups in total. The van der Waals surface area contributed by atoms with Crippen molar-refractivity contribution in [2.24, 2.45) is 0 Å². The maximum atomic E-state index is 5.34. The van der Waals surface area contributed by atoms with Crippen molar-refractivity contribution in [3.8, 4) is 6.01 Å². The van der Waals surface area contributed by atoms with Gasteiger partial charge in [-0.05, 0) is 20.8 Å². The predicted molar refractivity (Wildman–Crippen MR) is 79.3 cm³/mol. The molecule has 8 heteroatoms. The minimum Gasteiger partial charge on any atom is -0.464 e. The molecule has 0 saturated carbocycles. The summed E-state index contributed by atoms with van der Waals surface area (Å²) < 4.78 is 5.34. The Labute approximate surface area is 121 Å². The number of nitrogens with zero attached hydrogens (tertiary/aromatic N) is 4. The second kappa shape index (κ2) is 6.00. The van der Waals surface area contributed by atoms with Crippen LogP contribution < -0.4 is 15.4 Å². The third-order valence-corrected chi connectivity index (χ3v) is 3.60. The highest BCUT2D eigenvalue weighted by Crippen LogP contribution is 2.26. The monoisotopic (exact) mass is 294 g/mol. The van der Waals surface area contributed by atoms with Crippen LogP contribution in [0.25, 0.3) is 0 Å². The molecule has 0 aliphatic heterocycles. The van der Waals surface area contributed by atoms with Crippen LogP contribution in [0.3, 0.4) is 0 Å². The minimum atomic E-state index is -0.371. The van der Waals surface area contributed by atoms with E-state index >= 15 is 0 Å². The van der Waals surface area contributed by atoms with Gasteiger partial charge in [0.15, 0.2) is 0 Å². The number of thiazole rings is 1. The third kappa shape index (κ3) is 3.32. The number of anilines is 2. The van der Waals surface area contributed by atoms with Gasteiger partial charge in [-0.2, -0.15) is 15.0 Å². The second-order valence-electron chi connectivity index (χ2n) is 4.54. The van der Waals surface area contributed by atoms with Gasteiger partial charge in [0, 0.05) is 18.6 Å². The van der Waals surface area contributed by atoms with E-state index in [0.29, 0.717) is 24.5 Å². The zero-order chi connectivity index (χ0) is 14.6. The van der Waals surface area contributed by atoms with Gasteiger partial charge in [-0.25, -0.2) is 4.98 Å². The molecule has 0 atom stereocenters. The van der Waals surface area contributed by atoms with Crippen LogP contribution in [0, 0.1) is 0 Å². The smallest absolute Gasteiger partial charge is 0.323 e. The summed E-state index contributed by atoms with van der Waals surface area (Å²) in [6, 6.07) is 0.296. The number of hydrogen-bond donors (Lipinski definition) is 2. The van der Waals surface area contributed by atoms with Crippen LogP contribution in [0.2, 0.25) is 0 Å². The minimum absolute atomic E-state index is 0.296. The van der Waals surface area contributed by atoms with Crippen molar-refractivity contribution in [2.45, 2.75) is 26.3 Å². The Kier molecular flexibility index (Phi) is 4.33. The molecule has 0 aliphatic rings. The van der Waals surface area contributed by atoms with E-state index in [-0.39, 0.29) is 5.54 Å². The molecule has 2 heterocycles. The van der Waals surface area contributed by atoms with Crippen molar-refractivity contribution < 1.29 is 4.74 Å². The molecule has 2 aromatic heterocycles. The van der Waals surface area contributed by atoms with Crippen molar-refractivity contribution in [1.29, 1.82) is 0 Å². The van der Waals surface area contributed by atoms with Gasteiger partial charge in [-0.15, -0.1) is 11.3 Å². The average Bonchev–Trinajstić information content (AvgIpc) is 2.93. The molecule has 0 bridgehead atoms. The Morgan fingerprint density at radius 3 is 2.60 bits per heavy atom. The highest BCUT2D eigenvalue weighted by Gasteiger charge is 2.24. The molecule has 0 radical (unpaired) electrons. The van der Waals surface area contributed by atoms with E-state index in [1.54, 1.807) is 24.6 Å². The lowest BCUT2D eigenvalue weighted by Crippen LogP contribution is -2.29. The number of aromatic nitrogens is 4. The van der Waals surface area contributed by atoms with Crippen molar-refractivity contribution in [1.82, 2.24) is 19.9 Å². The summed E-state index contributed by atoms with van der Waals surface area (Å²) in [5.74, 6) is 0.911. The van der Waals surface area contributed by atoms with Crippen molar-refractivity contribution >= 4 is 23.2 Å². The quantitative estimate of drug-likeness (QED) is 0.844. The van der Waals surface area contributed by atoms with Crippen LogP contribution in [0.4, 0.5) is 11.9 Å². The van der Waals surface area contributed by atoms with Gasteiger partial charge in [0.2, 0.25) is 11.9 Å². The molecule has 0 fully saturated rings. The standard InChI is InChI=1S/C12H18N6OS/c1-5-19-11-16-9(13-4)15-10(17-11)18-12(2,3)8-14-6-7-20-8/h6-7H,5H2,1-4H3,(H2,13,15,16,17,18). The van der Waals surface area contributed by atoms with Crippen LogP contribution >= 0.6 is 11.3 Å². The predicted octanol–water partition coefficient (Wildman–Crippen LogP) is 2.12. The average molecular weight is 294 g/mol. The summed E-state index contributed by atoms with van der Waals surface area (Å²) in [6.07, 6.45) is 1.78. The molecule has 0 spiro atoms. The Balaban J connectivity index is 2.26. The molecule has 0 amide bonds. The summed E-state index contributed by atoms with van der Waals surface area (Å²) in [6.45, 7) is 6.43. The molecule has 0 saturated heterocycles. The summed E-state index contributed by atoms with van der Waals surface area (Å²) >= 11 is 1.58. The zero-order valence-electron chi connectivity index (χ0n) is 12.0. The van der Waals surface area contributed by atoms with Crippen LogP contribution in [-0.4, -0.2) is 33.6 Å². The Morgan fingerprint density at radius 2 is 2.00 bits per heavy atom. The molecule has 2 rings (SSSR count). The van der Waals surface area contributed by atoms with Crippen molar-refractivity contribution in [3.05, 3.63) is 16.6 Å². The fraction of sp³-hybridized carbons (Fsp3) is 0.500. The van der Waals surface area contributed by atoms with E-state index < -0.39 is 0 Å². The summed E-state index contributed by atoms with van der Waals surface area (Å²) in [7, 11) is 1.75. The molecule has 2 aromatic rings. The van der Waals surface area contributed by atoms with E-state index in [4.69, 9.17) is 4.74 Å². The fourth-order valence-corrected chi connectivity index (χ4v) is 2.30. The first-order chi connectivity index (χ1) is 9.55. The highest BCUT2D eigenvalue weighted by molar-refractivity contribution is 7.09. The number of hydrogen-bond acceptors (Lipinski definition) is 8. The molecular weight excluding hydrogens is 276 g/mol. The second-order valence-corrected chi connectivity index (χ2v) is 5.43. The number of rotatable bonds is 6. The first-order valence-corrected chi connectivity index (χ1v) is 7.18. The van der Waals surface area contributed by atoms with Crippen LogP contribution in [0.15, 0.2) is 11.6 Å². The lowest BCUT2D eigenvalue weighted by atomic mass is 10.1. The largest absolute Gasteiger partial charge is 0.464 e. The topological polar surface area (TPSA) is 84.9 Å². The Hall–Kier alpha value is -1.96. The number of ether oxygens (including phenoxy) is 1. The van der Waals surface area contributed by atoms with Crippen molar-refractivity contribution in [3.63, 3.8) is 0 Å².